The zero-order valence-corrected chi connectivity index (χ0v) is 15.3. The standard InChI is InChI=1S/C16H15ClN2O5S/c1-4-24-16(21)13-8(2)9(3)25-15(13)18-14(20)11-7-10(17)5-6-12(11)19(22)23/h5-7H,4H2,1-3H3,(H,18,20). The van der Waals surface area contributed by atoms with Crippen LogP contribution in [0, 0.1) is 24.0 Å². The number of esters is 1. The average Bonchev–Trinajstić information content (AvgIpc) is 2.81. The fraction of sp³-hybridized carbons (Fsp3) is 0.250. The Morgan fingerprint density at radius 1 is 1.36 bits per heavy atom. The van der Waals surface area contributed by atoms with Gasteiger partial charge in [0.15, 0.2) is 0 Å². The molecule has 9 heteroatoms. The Morgan fingerprint density at radius 3 is 2.64 bits per heavy atom. The van der Waals surface area contributed by atoms with Crippen LogP contribution in [0.4, 0.5) is 10.7 Å². The van der Waals surface area contributed by atoms with E-state index >= 15 is 0 Å². The lowest BCUT2D eigenvalue weighted by Crippen LogP contribution is -2.16. The molecule has 1 amide bonds. The Hall–Kier alpha value is -2.45. The lowest BCUT2D eigenvalue weighted by Gasteiger charge is -2.08. The van der Waals surface area contributed by atoms with Crippen LogP contribution in [0.5, 0.6) is 0 Å². The SMILES string of the molecule is CCOC(=O)c1c(NC(=O)c2cc(Cl)ccc2[N+](=O)[O-])sc(C)c1C. The minimum Gasteiger partial charge on any atom is -0.462 e. The number of nitro benzene ring substituents is 1. The Balaban J connectivity index is 2.43. The molecule has 0 atom stereocenters. The third-order valence-electron chi connectivity index (χ3n) is 3.49. The number of hydrogen-bond donors (Lipinski definition) is 1. The van der Waals surface area contributed by atoms with E-state index in [0.717, 1.165) is 10.9 Å². The maximum Gasteiger partial charge on any atom is 0.341 e. The molecule has 1 N–H and O–H groups in total. The molecule has 0 fully saturated rings. The first-order valence-electron chi connectivity index (χ1n) is 7.28. The third kappa shape index (κ3) is 3.97. The molecule has 7 nitrogen and oxygen atoms in total. The molecule has 2 rings (SSSR count). The number of nitrogens with one attached hydrogen (secondary N) is 1. The van der Waals surface area contributed by atoms with Gasteiger partial charge in [-0.05, 0) is 38.5 Å². The molecule has 0 unspecified atom stereocenters. The average molecular weight is 383 g/mol. The first kappa shape index (κ1) is 18.9. The van der Waals surface area contributed by atoms with Gasteiger partial charge in [-0.15, -0.1) is 11.3 Å². The monoisotopic (exact) mass is 382 g/mol. The van der Waals surface area contributed by atoms with Crippen molar-refractivity contribution in [2.45, 2.75) is 20.8 Å². The van der Waals surface area contributed by atoms with Crippen LogP contribution in [0.1, 0.15) is 38.1 Å². The van der Waals surface area contributed by atoms with Crippen molar-refractivity contribution in [1.29, 1.82) is 0 Å². The summed E-state index contributed by atoms with van der Waals surface area (Å²) >= 11 is 7.05. The number of halogens is 1. The summed E-state index contributed by atoms with van der Waals surface area (Å²) in [6.07, 6.45) is 0. The molecule has 0 aliphatic rings. The number of nitro groups is 1. The molecule has 2 aromatic rings. The van der Waals surface area contributed by atoms with Crippen molar-refractivity contribution in [3.05, 3.63) is 54.9 Å². The van der Waals surface area contributed by atoms with Crippen molar-refractivity contribution in [3.63, 3.8) is 0 Å². The summed E-state index contributed by atoms with van der Waals surface area (Å²) in [5.74, 6) is -1.28. The van der Waals surface area contributed by atoms with Gasteiger partial charge in [0.05, 0.1) is 17.1 Å². The number of aryl methyl sites for hydroxylation is 1. The highest BCUT2D eigenvalue weighted by atomic mass is 35.5. The predicted molar refractivity (Wildman–Crippen MR) is 95.8 cm³/mol. The van der Waals surface area contributed by atoms with Gasteiger partial charge in [-0.3, -0.25) is 14.9 Å². The van der Waals surface area contributed by atoms with Crippen molar-refractivity contribution < 1.29 is 19.2 Å². The predicted octanol–water partition coefficient (Wildman–Crippen LogP) is 4.36. The summed E-state index contributed by atoms with van der Waals surface area (Å²) in [5, 5.41) is 14.2. The highest BCUT2D eigenvalue weighted by Crippen LogP contribution is 2.34. The van der Waals surface area contributed by atoms with E-state index in [4.69, 9.17) is 16.3 Å². The fourth-order valence-corrected chi connectivity index (χ4v) is 3.40. The molecular formula is C16H15ClN2O5S. The minimum atomic E-state index is -0.721. The van der Waals surface area contributed by atoms with Gasteiger partial charge in [-0.2, -0.15) is 0 Å². The first-order chi connectivity index (χ1) is 11.8. The van der Waals surface area contributed by atoms with Crippen LogP contribution in [-0.4, -0.2) is 23.4 Å². The zero-order valence-electron chi connectivity index (χ0n) is 13.7. The fourth-order valence-electron chi connectivity index (χ4n) is 2.18. The van der Waals surface area contributed by atoms with E-state index in [1.54, 1.807) is 20.8 Å². The van der Waals surface area contributed by atoms with Crippen molar-refractivity contribution in [1.82, 2.24) is 0 Å². The maximum absolute atomic E-state index is 12.5. The largest absolute Gasteiger partial charge is 0.462 e. The van der Waals surface area contributed by atoms with Crippen LogP contribution >= 0.6 is 22.9 Å². The molecule has 132 valence electrons. The van der Waals surface area contributed by atoms with E-state index in [-0.39, 0.29) is 33.4 Å². The zero-order chi connectivity index (χ0) is 18.7. The number of rotatable bonds is 5. The molecule has 25 heavy (non-hydrogen) atoms. The van der Waals surface area contributed by atoms with E-state index < -0.39 is 16.8 Å². The number of carbonyl (C=O) groups excluding carboxylic acids is 2. The van der Waals surface area contributed by atoms with Gasteiger partial charge in [-0.25, -0.2) is 4.79 Å². The van der Waals surface area contributed by atoms with Gasteiger partial charge in [0.1, 0.15) is 10.6 Å². The third-order valence-corrected chi connectivity index (χ3v) is 4.85. The summed E-state index contributed by atoms with van der Waals surface area (Å²) in [4.78, 5) is 36.0. The Bertz CT molecular complexity index is 862. The number of nitrogens with zero attached hydrogens (tertiary/aromatic N) is 1. The van der Waals surface area contributed by atoms with Crippen molar-refractivity contribution >= 4 is 45.5 Å². The van der Waals surface area contributed by atoms with Crippen molar-refractivity contribution in [3.8, 4) is 0 Å². The number of amides is 1. The Morgan fingerprint density at radius 2 is 2.04 bits per heavy atom. The number of thiophene rings is 1. The highest BCUT2D eigenvalue weighted by molar-refractivity contribution is 7.16. The molecule has 1 heterocycles. The van der Waals surface area contributed by atoms with Gasteiger partial charge in [-0.1, -0.05) is 11.6 Å². The molecule has 0 bridgehead atoms. The van der Waals surface area contributed by atoms with Crippen LogP contribution in [0.2, 0.25) is 5.02 Å². The van der Waals surface area contributed by atoms with E-state index in [9.17, 15) is 19.7 Å². The van der Waals surface area contributed by atoms with E-state index in [1.165, 1.54) is 23.5 Å². The Labute approximate surface area is 152 Å². The molecule has 1 aromatic carbocycles. The summed E-state index contributed by atoms with van der Waals surface area (Å²) in [6.45, 7) is 5.43. The molecule has 0 saturated carbocycles. The summed E-state index contributed by atoms with van der Waals surface area (Å²) < 4.78 is 5.02. The molecule has 0 saturated heterocycles. The van der Waals surface area contributed by atoms with Gasteiger partial charge in [0.25, 0.3) is 11.6 Å². The van der Waals surface area contributed by atoms with Gasteiger partial charge >= 0.3 is 5.97 Å². The summed E-state index contributed by atoms with van der Waals surface area (Å²) in [7, 11) is 0. The van der Waals surface area contributed by atoms with Crippen LogP contribution in [0.3, 0.4) is 0 Å². The molecule has 0 spiro atoms. The van der Waals surface area contributed by atoms with Crippen molar-refractivity contribution in [2.75, 3.05) is 11.9 Å². The van der Waals surface area contributed by atoms with Gasteiger partial charge in [0, 0.05) is 16.0 Å². The van der Waals surface area contributed by atoms with Gasteiger partial charge < -0.3 is 10.1 Å². The number of ether oxygens (including phenoxy) is 1. The quantitative estimate of drug-likeness (QED) is 0.470. The molecule has 0 radical (unpaired) electrons. The van der Waals surface area contributed by atoms with Crippen LogP contribution in [0.15, 0.2) is 18.2 Å². The van der Waals surface area contributed by atoms with Crippen molar-refractivity contribution in [2.24, 2.45) is 0 Å². The number of carbonyl (C=O) groups is 2. The maximum atomic E-state index is 12.5. The molecule has 1 aromatic heterocycles. The van der Waals surface area contributed by atoms with Crippen LogP contribution < -0.4 is 5.32 Å². The second-order valence-electron chi connectivity index (χ2n) is 5.08. The smallest absolute Gasteiger partial charge is 0.341 e. The number of benzene rings is 1. The topological polar surface area (TPSA) is 98.5 Å². The normalized spacial score (nSPS) is 10.4. The lowest BCUT2D eigenvalue weighted by atomic mass is 10.1. The summed E-state index contributed by atoms with van der Waals surface area (Å²) in [6, 6.07) is 3.71. The minimum absolute atomic E-state index is 0.184. The number of anilines is 1. The van der Waals surface area contributed by atoms with E-state index in [0.29, 0.717) is 5.56 Å². The number of hydrogen-bond acceptors (Lipinski definition) is 6. The highest BCUT2D eigenvalue weighted by Gasteiger charge is 2.25. The molecule has 0 aliphatic heterocycles. The molecule has 0 aliphatic carbocycles. The second-order valence-corrected chi connectivity index (χ2v) is 6.74. The second kappa shape index (κ2) is 7.62. The van der Waals surface area contributed by atoms with Crippen LogP contribution in [0.25, 0.3) is 0 Å². The van der Waals surface area contributed by atoms with E-state index in [2.05, 4.69) is 5.32 Å². The van der Waals surface area contributed by atoms with Gasteiger partial charge in [0.2, 0.25) is 0 Å². The molecular weight excluding hydrogens is 368 g/mol. The van der Waals surface area contributed by atoms with E-state index in [1.807, 2.05) is 0 Å². The lowest BCUT2D eigenvalue weighted by molar-refractivity contribution is -0.385. The van der Waals surface area contributed by atoms with Crippen LogP contribution in [-0.2, 0) is 4.74 Å². The Kier molecular flexibility index (Phi) is 5.76. The first-order valence-corrected chi connectivity index (χ1v) is 8.48. The summed E-state index contributed by atoms with van der Waals surface area (Å²) in [5.41, 5.74) is 0.391.